The fourth-order valence-corrected chi connectivity index (χ4v) is 0.685. The first-order chi connectivity index (χ1) is 4.68. The minimum absolute atomic E-state index is 0.0561. The minimum Gasteiger partial charge on any atom is -0.462 e. The summed E-state index contributed by atoms with van der Waals surface area (Å²) >= 11 is 5.24. The summed E-state index contributed by atoms with van der Waals surface area (Å²) in [6, 6.07) is 0.899. The molecule has 0 aromatic carbocycles. The zero-order valence-corrected chi connectivity index (χ0v) is 7.57. The van der Waals surface area contributed by atoms with Crippen LogP contribution >= 0.6 is 11.6 Å². The Morgan fingerprint density at radius 2 is 2.40 bits per heavy atom. The van der Waals surface area contributed by atoms with Gasteiger partial charge < -0.3 is 4.74 Å². The molecule has 0 spiro atoms. The lowest BCUT2D eigenvalue weighted by Gasteiger charge is -1.99. The van der Waals surface area contributed by atoms with Crippen LogP contribution in [0, 0.1) is 0 Å². The second kappa shape index (κ2) is 5.50. The molecule has 10 heavy (non-hydrogen) atoms. The van der Waals surface area contributed by atoms with Crippen molar-refractivity contribution in [3.05, 3.63) is 11.6 Å². The molecule has 0 atom stereocenters. The van der Waals surface area contributed by atoms with Crippen molar-refractivity contribution >= 4 is 27.1 Å². The highest BCUT2D eigenvalue weighted by Crippen LogP contribution is 1.99. The van der Waals surface area contributed by atoms with Crippen molar-refractivity contribution in [2.24, 2.45) is 0 Å². The first-order valence-corrected chi connectivity index (χ1v) is 4.93. The van der Waals surface area contributed by atoms with Crippen LogP contribution < -0.4 is 0 Å². The van der Waals surface area contributed by atoms with E-state index in [9.17, 15) is 4.79 Å². The molecule has 0 amide bonds. The Kier molecular flexibility index (Phi) is 5.34. The number of esters is 1. The van der Waals surface area contributed by atoms with Gasteiger partial charge in [0.25, 0.3) is 0 Å². The summed E-state index contributed by atoms with van der Waals surface area (Å²) < 4.78 is 4.68. The molecule has 2 nitrogen and oxygen atoms in total. The molecule has 0 saturated heterocycles. The Balaban J connectivity index is 3.31. The predicted octanol–water partition coefficient (Wildman–Crippen LogP) is 1.45. The maximum Gasteiger partial charge on any atom is 0.349 e. The van der Waals surface area contributed by atoms with E-state index in [2.05, 4.69) is 11.3 Å². The van der Waals surface area contributed by atoms with Crippen molar-refractivity contribution in [1.82, 2.24) is 0 Å². The SMILES string of the molecule is C=C(Cl)C(=O)OCC[Si]C. The van der Waals surface area contributed by atoms with Crippen molar-refractivity contribution in [2.45, 2.75) is 12.6 Å². The number of rotatable bonds is 4. The number of hydrogen-bond donors (Lipinski definition) is 0. The Bertz CT molecular complexity index is 136. The van der Waals surface area contributed by atoms with Crippen LogP contribution in [-0.2, 0) is 9.53 Å². The van der Waals surface area contributed by atoms with Gasteiger partial charge in [-0.2, -0.15) is 0 Å². The molecule has 0 N–H and O–H groups in total. The van der Waals surface area contributed by atoms with Gasteiger partial charge in [0.05, 0.1) is 6.61 Å². The lowest BCUT2D eigenvalue weighted by molar-refractivity contribution is -0.137. The van der Waals surface area contributed by atoms with Gasteiger partial charge in [-0.15, -0.1) is 0 Å². The molecular weight excluding hydrogens is 168 g/mol. The number of hydrogen-bond acceptors (Lipinski definition) is 2. The lowest BCUT2D eigenvalue weighted by Crippen LogP contribution is -2.05. The van der Waals surface area contributed by atoms with Gasteiger partial charge in [-0.25, -0.2) is 4.79 Å². The molecular formula is C6H9ClO2Si. The Morgan fingerprint density at radius 1 is 1.80 bits per heavy atom. The van der Waals surface area contributed by atoms with Crippen LogP contribution in [-0.4, -0.2) is 22.1 Å². The van der Waals surface area contributed by atoms with E-state index in [0.29, 0.717) is 6.61 Å². The van der Waals surface area contributed by atoms with Crippen LogP contribution in [0.5, 0.6) is 0 Å². The summed E-state index contributed by atoms with van der Waals surface area (Å²) in [5.41, 5.74) is 0. The van der Waals surface area contributed by atoms with E-state index in [1.54, 1.807) is 0 Å². The van der Waals surface area contributed by atoms with E-state index in [1.807, 2.05) is 6.55 Å². The fraction of sp³-hybridized carbons (Fsp3) is 0.500. The maximum atomic E-state index is 10.6. The number of halogens is 1. The number of ether oxygens (including phenoxy) is 1. The Morgan fingerprint density at radius 3 is 2.80 bits per heavy atom. The summed E-state index contributed by atoms with van der Waals surface area (Å²) in [6.45, 7) is 5.72. The molecule has 56 valence electrons. The topological polar surface area (TPSA) is 26.3 Å². The standard InChI is InChI=1S/C6H9ClO2Si/c1-5(7)6(8)9-3-4-10-2/h1,3-4H2,2H3. The van der Waals surface area contributed by atoms with Gasteiger partial charge in [-0.3, -0.25) is 0 Å². The summed E-state index contributed by atoms with van der Waals surface area (Å²) in [4.78, 5) is 10.6. The van der Waals surface area contributed by atoms with Gasteiger partial charge in [0.2, 0.25) is 0 Å². The van der Waals surface area contributed by atoms with Gasteiger partial charge in [0.1, 0.15) is 5.03 Å². The third-order valence-electron chi connectivity index (χ3n) is 0.807. The molecule has 0 bridgehead atoms. The van der Waals surface area contributed by atoms with Crippen molar-refractivity contribution < 1.29 is 9.53 Å². The summed E-state index contributed by atoms with van der Waals surface area (Å²) in [6.07, 6.45) is 0. The molecule has 0 saturated carbocycles. The van der Waals surface area contributed by atoms with Gasteiger partial charge in [-0.1, -0.05) is 24.7 Å². The first kappa shape index (κ1) is 9.72. The van der Waals surface area contributed by atoms with Crippen LogP contribution in [0.1, 0.15) is 0 Å². The highest BCUT2D eigenvalue weighted by molar-refractivity contribution is 6.40. The average Bonchev–Trinajstić information content (AvgIpc) is 1.88. The fourth-order valence-electron chi connectivity index (χ4n) is 0.324. The second-order valence-electron chi connectivity index (χ2n) is 1.64. The van der Waals surface area contributed by atoms with E-state index in [1.165, 1.54) is 0 Å². The van der Waals surface area contributed by atoms with E-state index >= 15 is 0 Å². The third kappa shape index (κ3) is 4.58. The zero-order chi connectivity index (χ0) is 7.98. The molecule has 2 radical (unpaired) electrons. The number of carbonyl (C=O) groups excluding carboxylic acids is 1. The predicted molar refractivity (Wildman–Crippen MR) is 42.4 cm³/mol. The normalized spacial score (nSPS) is 9.00. The maximum absolute atomic E-state index is 10.6. The van der Waals surface area contributed by atoms with Crippen LogP contribution in [0.2, 0.25) is 12.6 Å². The average molecular weight is 177 g/mol. The van der Waals surface area contributed by atoms with Crippen LogP contribution in [0.25, 0.3) is 0 Å². The summed E-state index contributed by atoms with van der Waals surface area (Å²) in [7, 11) is 0.801. The minimum atomic E-state index is -0.514. The molecule has 0 unspecified atom stereocenters. The third-order valence-corrected chi connectivity index (χ3v) is 1.67. The molecule has 0 aliphatic rings. The largest absolute Gasteiger partial charge is 0.462 e. The van der Waals surface area contributed by atoms with Gasteiger partial charge in [0, 0.05) is 9.52 Å². The van der Waals surface area contributed by atoms with E-state index in [4.69, 9.17) is 11.6 Å². The quantitative estimate of drug-likeness (QED) is 0.281. The van der Waals surface area contributed by atoms with Crippen LogP contribution in [0.3, 0.4) is 0 Å². The summed E-state index contributed by atoms with van der Waals surface area (Å²) in [5.74, 6) is -0.514. The van der Waals surface area contributed by atoms with Crippen LogP contribution in [0.4, 0.5) is 0 Å². The number of carbonyl (C=O) groups is 1. The van der Waals surface area contributed by atoms with Crippen LogP contribution in [0.15, 0.2) is 11.6 Å². The molecule has 0 rings (SSSR count). The molecule has 0 aliphatic carbocycles. The second-order valence-corrected chi connectivity index (χ2v) is 3.31. The Hall–Kier alpha value is -0.283. The van der Waals surface area contributed by atoms with E-state index in [-0.39, 0.29) is 5.03 Å². The molecule has 0 aromatic heterocycles. The lowest BCUT2D eigenvalue weighted by atomic mass is 10.6. The molecule has 0 aliphatic heterocycles. The zero-order valence-electron chi connectivity index (χ0n) is 5.82. The highest BCUT2D eigenvalue weighted by atomic mass is 35.5. The monoisotopic (exact) mass is 176 g/mol. The smallest absolute Gasteiger partial charge is 0.349 e. The molecule has 4 heteroatoms. The van der Waals surface area contributed by atoms with Crippen molar-refractivity contribution in [1.29, 1.82) is 0 Å². The molecule has 0 aromatic rings. The molecule has 0 fully saturated rings. The first-order valence-electron chi connectivity index (χ1n) is 2.84. The van der Waals surface area contributed by atoms with E-state index in [0.717, 1.165) is 15.6 Å². The summed E-state index contributed by atoms with van der Waals surface area (Å²) in [5, 5.41) is -0.0561. The van der Waals surface area contributed by atoms with Crippen molar-refractivity contribution in [3.63, 3.8) is 0 Å². The van der Waals surface area contributed by atoms with Gasteiger partial charge in [0.15, 0.2) is 0 Å². The Labute approximate surface area is 68.0 Å². The van der Waals surface area contributed by atoms with E-state index < -0.39 is 5.97 Å². The highest BCUT2D eigenvalue weighted by Gasteiger charge is 2.02. The van der Waals surface area contributed by atoms with Gasteiger partial charge >= 0.3 is 5.97 Å². The van der Waals surface area contributed by atoms with Crippen molar-refractivity contribution in [3.8, 4) is 0 Å². The van der Waals surface area contributed by atoms with Gasteiger partial charge in [-0.05, 0) is 6.04 Å². The molecule has 0 heterocycles. The van der Waals surface area contributed by atoms with Crippen molar-refractivity contribution in [2.75, 3.05) is 6.61 Å².